The van der Waals surface area contributed by atoms with Crippen molar-refractivity contribution in [3.63, 3.8) is 0 Å². The smallest absolute Gasteiger partial charge is 0.350 e. The highest BCUT2D eigenvalue weighted by Crippen LogP contribution is 2.33. The van der Waals surface area contributed by atoms with Crippen molar-refractivity contribution in [3.05, 3.63) is 68.3 Å². The molecule has 0 bridgehead atoms. The highest BCUT2D eigenvalue weighted by molar-refractivity contribution is 5.76. The van der Waals surface area contributed by atoms with Gasteiger partial charge in [0.2, 0.25) is 5.91 Å². The molecule has 12 heteroatoms. The molecule has 3 rings (SSSR count). The van der Waals surface area contributed by atoms with Crippen molar-refractivity contribution in [1.82, 2.24) is 24.9 Å². The minimum Gasteiger partial charge on any atom is -0.350 e. The third-order valence-electron chi connectivity index (χ3n) is 4.95. The lowest BCUT2D eigenvalue weighted by Crippen LogP contribution is -2.29. The van der Waals surface area contributed by atoms with E-state index in [-0.39, 0.29) is 41.4 Å². The maximum atomic E-state index is 13.7. The van der Waals surface area contributed by atoms with Gasteiger partial charge < -0.3 is 5.32 Å². The number of alkyl halides is 3. The van der Waals surface area contributed by atoms with Crippen molar-refractivity contribution in [2.45, 2.75) is 47.0 Å². The second kappa shape index (κ2) is 8.44. The van der Waals surface area contributed by atoms with Crippen molar-refractivity contribution in [2.75, 3.05) is 0 Å². The zero-order valence-electron chi connectivity index (χ0n) is 17.8. The van der Waals surface area contributed by atoms with Crippen LogP contribution in [0.3, 0.4) is 0 Å². The molecule has 0 aliphatic rings. The zero-order chi connectivity index (χ0) is 23.8. The van der Waals surface area contributed by atoms with Crippen LogP contribution < -0.4 is 5.32 Å². The topological polar surface area (TPSA) is 108 Å². The largest absolute Gasteiger partial charge is 0.416 e. The van der Waals surface area contributed by atoms with E-state index in [1.165, 1.54) is 30.7 Å². The number of nitrogens with zero attached hydrogens (tertiary/aromatic N) is 5. The van der Waals surface area contributed by atoms with Gasteiger partial charge in [0.05, 0.1) is 21.9 Å². The van der Waals surface area contributed by atoms with Crippen LogP contribution in [0.2, 0.25) is 0 Å². The lowest BCUT2D eigenvalue weighted by atomic mass is 10.1. The number of nitrogens with one attached hydrogen (secondary N) is 1. The first-order valence-electron chi connectivity index (χ1n) is 9.57. The Labute approximate surface area is 181 Å². The van der Waals surface area contributed by atoms with Crippen LogP contribution in [0.15, 0.2) is 24.3 Å². The van der Waals surface area contributed by atoms with Crippen molar-refractivity contribution < 1.29 is 22.9 Å². The number of aryl methyl sites for hydroxylation is 3. The Hall–Kier alpha value is -3.70. The van der Waals surface area contributed by atoms with Gasteiger partial charge in [-0.05, 0) is 51.5 Å². The summed E-state index contributed by atoms with van der Waals surface area (Å²) in [7, 11) is 0. The van der Waals surface area contributed by atoms with Gasteiger partial charge in [-0.25, -0.2) is 4.68 Å². The van der Waals surface area contributed by atoms with Gasteiger partial charge >= 0.3 is 11.9 Å². The maximum absolute atomic E-state index is 13.7. The fourth-order valence-corrected chi connectivity index (χ4v) is 3.50. The summed E-state index contributed by atoms with van der Waals surface area (Å²) in [6.07, 6.45) is -4.64. The van der Waals surface area contributed by atoms with Gasteiger partial charge in [0, 0.05) is 12.2 Å². The molecule has 32 heavy (non-hydrogen) atoms. The van der Waals surface area contributed by atoms with Gasteiger partial charge in [0.25, 0.3) is 0 Å². The van der Waals surface area contributed by atoms with E-state index in [0.717, 1.165) is 10.7 Å². The molecular weight excluding hydrogens is 429 g/mol. The zero-order valence-corrected chi connectivity index (χ0v) is 17.8. The van der Waals surface area contributed by atoms with Crippen molar-refractivity contribution in [2.24, 2.45) is 0 Å². The normalized spacial score (nSPS) is 11.6. The van der Waals surface area contributed by atoms with Crippen LogP contribution in [0.4, 0.5) is 18.9 Å². The number of halogens is 3. The lowest BCUT2D eigenvalue weighted by molar-refractivity contribution is -0.386. The predicted octanol–water partition coefficient (Wildman–Crippen LogP) is 3.55. The number of carbonyl (C=O) groups excluding carboxylic acids is 1. The molecule has 1 amide bonds. The fourth-order valence-electron chi connectivity index (χ4n) is 3.50. The fraction of sp³-hybridized carbons (Fsp3) is 0.350. The first-order chi connectivity index (χ1) is 14.9. The summed E-state index contributed by atoms with van der Waals surface area (Å²) in [5.41, 5.74) is 0.768. The molecule has 2 aromatic heterocycles. The Morgan fingerprint density at radius 1 is 1.16 bits per heavy atom. The number of carbonyl (C=O) groups is 1. The van der Waals surface area contributed by atoms with Crippen LogP contribution in [0.5, 0.6) is 0 Å². The summed E-state index contributed by atoms with van der Waals surface area (Å²) in [6.45, 7) is 5.66. The Morgan fingerprint density at radius 3 is 2.38 bits per heavy atom. The standard InChI is InChI=1S/C20H21F3N6O3/c1-11-7-12(2)28(25-11)16-6-5-15(17(8-16)20(21,22)23)9-24-18(30)10-27-14(4)19(29(31)32)13(3)26-27/h5-8H,9-10H2,1-4H3,(H,24,30). The molecule has 0 radical (unpaired) electrons. The number of hydrogen-bond acceptors (Lipinski definition) is 5. The van der Waals surface area contributed by atoms with Crippen molar-refractivity contribution in [1.29, 1.82) is 0 Å². The molecule has 3 aromatic rings. The number of hydrogen-bond donors (Lipinski definition) is 1. The summed E-state index contributed by atoms with van der Waals surface area (Å²) in [5, 5.41) is 21.7. The summed E-state index contributed by atoms with van der Waals surface area (Å²) >= 11 is 0. The van der Waals surface area contributed by atoms with E-state index in [4.69, 9.17) is 0 Å². The molecular formula is C20H21F3N6O3. The van der Waals surface area contributed by atoms with Crippen LogP contribution in [-0.2, 0) is 24.1 Å². The monoisotopic (exact) mass is 450 g/mol. The van der Waals surface area contributed by atoms with Gasteiger partial charge in [0.1, 0.15) is 17.9 Å². The van der Waals surface area contributed by atoms with E-state index < -0.39 is 22.6 Å². The van der Waals surface area contributed by atoms with E-state index >= 15 is 0 Å². The molecule has 2 heterocycles. The molecule has 0 aliphatic heterocycles. The Bertz CT molecular complexity index is 1200. The summed E-state index contributed by atoms with van der Waals surface area (Å²) in [6, 6.07) is 5.54. The van der Waals surface area contributed by atoms with Crippen LogP contribution >= 0.6 is 0 Å². The SMILES string of the molecule is Cc1cc(C)n(-c2ccc(CNC(=O)Cn3nc(C)c([N+](=O)[O-])c3C)c(C(F)(F)F)c2)n1. The van der Waals surface area contributed by atoms with Crippen molar-refractivity contribution in [3.8, 4) is 5.69 Å². The molecule has 0 atom stereocenters. The van der Waals surface area contributed by atoms with E-state index in [2.05, 4.69) is 15.5 Å². The highest BCUT2D eigenvalue weighted by atomic mass is 19.4. The van der Waals surface area contributed by atoms with Gasteiger partial charge in [0.15, 0.2) is 0 Å². The third-order valence-corrected chi connectivity index (χ3v) is 4.95. The highest BCUT2D eigenvalue weighted by Gasteiger charge is 2.34. The minimum absolute atomic E-state index is 0.115. The van der Waals surface area contributed by atoms with Crippen LogP contribution in [0.25, 0.3) is 5.69 Å². The van der Waals surface area contributed by atoms with Crippen LogP contribution in [0, 0.1) is 37.8 Å². The molecule has 0 aliphatic carbocycles. The summed E-state index contributed by atoms with van der Waals surface area (Å²) in [4.78, 5) is 22.8. The average molecular weight is 450 g/mol. The quantitative estimate of drug-likeness (QED) is 0.457. The number of amides is 1. The molecule has 1 N–H and O–H groups in total. The molecule has 0 saturated carbocycles. The first kappa shape index (κ1) is 23.0. The van der Waals surface area contributed by atoms with Gasteiger partial charge in [-0.2, -0.15) is 23.4 Å². The second-order valence-electron chi connectivity index (χ2n) is 7.39. The van der Waals surface area contributed by atoms with Crippen molar-refractivity contribution >= 4 is 11.6 Å². The van der Waals surface area contributed by atoms with E-state index in [1.807, 2.05) is 0 Å². The molecule has 170 valence electrons. The van der Waals surface area contributed by atoms with Gasteiger partial charge in [-0.15, -0.1) is 0 Å². The van der Waals surface area contributed by atoms with E-state index in [9.17, 15) is 28.1 Å². The summed E-state index contributed by atoms with van der Waals surface area (Å²) in [5.74, 6) is -0.624. The Balaban J connectivity index is 1.80. The van der Waals surface area contributed by atoms with E-state index in [0.29, 0.717) is 11.4 Å². The Kier molecular flexibility index (Phi) is 6.06. The predicted molar refractivity (Wildman–Crippen MR) is 108 cm³/mol. The molecule has 0 unspecified atom stereocenters. The number of aromatic nitrogens is 4. The number of nitro groups is 1. The molecule has 0 fully saturated rings. The third kappa shape index (κ3) is 4.63. The number of benzene rings is 1. The van der Waals surface area contributed by atoms with E-state index in [1.54, 1.807) is 19.9 Å². The molecule has 0 saturated heterocycles. The molecule has 9 nitrogen and oxygen atoms in total. The van der Waals surface area contributed by atoms with Gasteiger partial charge in [-0.3, -0.25) is 19.6 Å². The van der Waals surface area contributed by atoms with Gasteiger partial charge in [-0.1, -0.05) is 6.07 Å². The average Bonchev–Trinajstić information content (AvgIpc) is 3.16. The minimum atomic E-state index is -4.64. The number of rotatable bonds is 6. The Morgan fingerprint density at radius 2 is 1.84 bits per heavy atom. The maximum Gasteiger partial charge on any atom is 0.416 e. The second-order valence-corrected chi connectivity index (χ2v) is 7.39. The summed E-state index contributed by atoms with van der Waals surface area (Å²) < 4.78 is 43.6. The van der Waals surface area contributed by atoms with Crippen LogP contribution in [0.1, 0.15) is 33.9 Å². The first-order valence-corrected chi connectivity index (χ1v) is 9.57. The van der Waals surface area contributed by atoms with Crippen LogP contribution in [-0.4, -0.2) is 30.4 Å². The lowest BCUT2D eigenvalue weighted by Gasteiger charge is -2.16. The molecule has 1 aromatic carbocycles. The molecule has 0 spiro atoms.